The molecule has 3 nitrogen and oxygen atoms in total. The SMILES string of the molecule is CCCC(C)NC(=O)CNc1ccc(Cl)cc1Cl. The Morgan fingerprint density at radius 2 is 2.11 bits per heavy atom. The van der Waals surface area contributed by atoms with Crippen molar-refractivity contribution in [1.82, 2.24) is 5.32 Å². The minimum atomic E-state index is -0.0398. The molecule has 0 saturated heterocycles. The van der Waals surface area contributed by atoms with E-state index in [0.717, 1.165) is 12.8 Å². The summed E-state index contributed by atoms with van der Waals surface area (Å²) in [5.74, 6) is -0.0398. The lowest BCUT2D eigenvalue weighted by atomic mass is 10.2. The summed E-state index contributed by atoms with van der Waals surface area (Å²) in [6.07, 6.45) is 2.03. The van der Waals surface area contributed by atoms with Gasteiger partial charge in [-0.3, -0.25) is 4.79 Å². The summed E-state index contributed by atoms with van der Waals surface area (Å²) < 4.78 is 0. The Labute approximate surface area is 118 Å². The molecular weight excluding hydrogens is 271 g/mol. The van der Waals surface area contributed by atoms with E-state index in [1.54, 1.807) is 18.2 Å². The van der Waals surface area contributed by atoms with Crippen LogP contribution in [0.15, 0.2) is 18.2 Å². The average Bonchev–Trinajstić information content (AvgIpc) is 2.28. The molecular formula is C13H18Cl2N2O. The number of anilines is 1. The molecule has 0 aromatic heterocycles. The molecule has 100 valence electrons. The Hall–Kier alpha value is -0.930. The summed E-state index contributed by atoms with van der Waals surface area (Å²) in [6, 6.07) is 5.33. The van der Waals surface area contributed by atoms with Crippen LogP contribution >= 0.6 is 23.2 Å². The fourth-order valence-electron chi connectivity index (χ4n) is 1.64. The third-order valence-corrected chi connectivity index (χ3v) is 3.05. The van der Waals surface area contributed by atoms with E-state index in [9.17, 15) is 4.79 Å². The summed E-state index contributed by atoms with van der Waals surface area (Å²) >= 11 is 11.8. The first-order chi connectivity index (χ1) is 8.52. The fourth-order valence-corrected chi connectivity index (χ4v) is 2.11. The van der Waals surface area contributed by atoms with Crippen LogP contribution < -0.4 is 10.6 Å². The van der Waals surface area contributed by atoms with Gasteiger partial charge in [0, 0.05) is 11.1 Å². The molecule has 0 radical (unpaired) electrons. The van der Waals surface area contributed by atoms with Crippen LogP contribution in [-0.2, 0) is 4.79 Å². The van der Waals surface area contributed by atoms with Gasteiger partial charge >= 0.3 is 0 Å². The molecule has 0 fully saturated rings. The maximum Gasteiger partial charge on any atom is 0.239 e. The summed E-state index contributed by atoms with van der Waals surface area (Å²) in [7, 11) is 0. The Morgan fingerprint density at radius 3 is 2.72 bits per heavy atom. The van der Waals surface area contributed by atoms with Gasteiger partial charge < -0.3 is 10.6 Å². The van der Waals surface area contributed by atoms with E-state index >= 15 is 0 Å². The summed E-state index contributed by atoms with van der Waals surface area (Å²) in [5.41, 5.74) is 0.708. The number of rotatable bonds is 6. The lowest BCUT2D eigenvalue weighted by Crippen LogP contribution is -2.36. The Morgan fingerprint density at radius 1 is 1.39 bits per heavy atom. The van der Waals surface area contributed by atoms with E-state index in [-0.39, 0.29) is 18.5 Å². The summed E-state index contributed by atoms with van der Waals surface area (Å²) in [4.78, 5) is 11.6. The van der Waals surface area contributed by atoms with Gasteiger partial charge in [0.1, 0.15) is 0 Å². The van der Waals surface area contributed by atoms with E-state index in [0.29, 0.717) is 15.7 Å². The van der Waals surface area contributed by atoms with Crippen molar-refractivity contribution in [3.05, 3.63) is 28.2 Å². The quantitative estimate of drug-likeness (QED) is 0.838. The summed E-state index contributed by atoms with van der Waals surface area (Å²) in [5, 5.41) is 6.98. The first kappa shape index (κ1) is 15.1. The van der Waals surface area contributed by atoms with Crippen molar-refractivity contribution in [2.24, 2.45) is 0 Å². The minimum Gasteiger partial charge on any atom is -0.375 e. The van der Waals surface area contributed by atoms with Crippen LogP contribution in [0.1, 0.15) is 26.7 Å². The highest BCUT2D eigenvalue weighted by atomic mass is 35.5. The standard InChI is InChI=1S/C13H18Cl2N2O/c1-3-4-9(2)17-13(18)8-16-12-6-5-10(14)7-11(12)15/h5-7,9,16H,3-4,8H2,1-2H3,(H,17,18). The predicted molar refractivity (Wildman–Crippen MR) is 77.5 cm³/mol. The molecule has 18 heavy (non-hydrogen) atoms. The van der Waals surface area contributed by atoms with Crippen molar-refractivity contribution < 1.29 is 4.79 Å². The highest BCUT2D eigenvalue weighted by molar-refractivity contribution is 6.36. The van der Waals surface area contributed by atoms with Crippen LogP contribution in [0.5, 0.6) is 0 Å². The molecule has 2 N–H and O–H groups in total. The lowest BCUT2D eigenvalue weighted by molar-refractivity contribution is -0.120. The van der Waals surface area contributed by atoms with Crippen LogP contribution in [0.2, 0.25) is 10.0 Å². The van der Waals surface area contributed by atoms with Crippen molar-refractivity contribution in [2.75, 3.05) is 11.9 Å². The number of amides is 1. The van der Waals surface area contributed by atoms with Crippen LogP contribution in [0.25, 0.3) is 0 Å². The first-order valence-corrected chi connectivity index (χ1v) is 6.76. The van der Waals surface area contributed by atoms with E-state index in [4.69, 9.17) is 23.2 Å². The van der Waals surface area contributed by atoms with Gasteiger partial charge in [-0.15, -0.1) is 0 Å². The lowest BCUT2D eigenvalue weighted by Gasteiger charge is -2.14. The predicted octanol–water partition coefficient (Wildman–Crippen LogP) is 3.71. The third kappa shape index (κ3) is 5.15. The van der Waals surface area contributed by atoms with Crippen LogP contribution in [0.4, 0.5) is 5.69 Å². The fraction of sp³-hybridized carbons (Fsp3) is 0.462. The molecule has 1 amide bonds. The van der Waals surface area contributed by atoms with Crippen molar-refractivity contribution in [3.63, 3.8) is 0 Å². The zero-order valence-corrected chi connectivity index (χ0v) is 12.1. The zero-order chi connectivity index (χ0) is 13.5. The summed E-state index contributed by atoms with van der Waals surface area (Å²) in [6.45, 7) is 4.29. The van der Waals surface area contributed by atoms with Gasteiger partial charge in [-0.1, -0.05) is 36.5 Å². The van der Waals surface area contributed by atoms with E-state index in [1.807, 2.05) is 6.92 Å². The molecule has 1 aromatic carbocycles. The number of hydrogen-bond acceptors (Lipinski definition) is 2. The molecule has 0 bridgehead atoms. The monoisotopic (exact) mass is 288 g/mol. The second-order valence-electron chi connectivity index (χ2n) is 4.23. The van der Waals surface area contributed by atoms with Crippen LogP contribution in [0, 0.1) is 0 Å². The number of nitrogens with one attached hydrogen (secondary N) is 2. The second-order valence-corrected chi connectivity index (χ2v) is 5.08. The van der Waals surface area contributed by atoms with Gasteiger partial charge in [0.05, 0.1) is 17.3 Å². The van der Waals surface area contributed by atoms with E-state index < -0.39 is 0 Å². The highest BCUT2D eigenvalue weighted by Gasteiger charge is 2.07. The van der Waals surface area contributed by atoms with Gasteiger partial charge in [0.25, 0.3) is 0 Å². The topological polar surface area (TPSA) is 41.1 Å². The number of carbonyl (C=O) groups is 1. The normalized spacial score (nSPS) is 12.0. The van der Waals surface area contributed by atoms with Crippen LogP contribution in [-0.4, -0.2) is 18.5 Å². The number of carbonyl (C=O) groups excluding carboxylic acids is 1. The van der Waals surface area contributed by atoms with Gasteiger partial charge in [0.15, 0.2) is 0 Å². The van der Waals surface area contributed by atoms with Crippen molar-refractivity contribution in [3.8, 4) is 0 Å². The van der Waals surface area contributed by atoms with Gasteiger partial charge in [-0.2, -0.15) is 0 Å². The highest BCUT2D eigenvalue weighted by Crippen LogP contribution is 2.24. The molecule has 1 aromatic rings. The zero-order valence-electron chi connectivity index (χ0n) is 10.6. The Kier molecular flexibility index (Phi) is 6.30. The number of benzene rings is 1. The third-order valence-electron chi connectivity index (χ3n) is 2.50. The van der Waals surface area contributed by atoms with Gasteiger partial charge in [0.2, 0.25) is 5.91 Å². The van der Waals surface area contributed by atoms with Crippen molar-refractivity contribution in [1.29, 1.82) is 0 Å². The number of halogens is 2. The maximum atomic E-state index is 11.6. The van der Waals surface area contributed by atoms with Crippen molar-refractivity contribution in [2.45, 2.75) is 32.7 Å². The molecule has 1 unspecified atom stereocenters. The van der Waals surface area contributed by atoms with E-state index in [1.165, 1.54) is 0 Å². The van der Waals surface area contributed by atoms with Gasteiger partial charge in [-0.25, -0.2) is 0 Å². The molecule has 0 aliphatic rings. The number of hydrogen-bond donors (Lipinski definition) is 2. The average molecular weight is 289 g/mol. The smallest absolute Gasteiger partial charge is 0.239 e. The molecule has 5 heteroatoms. The minimum absolute atomic E-state index is 0.0398. The Balaban J connectivity index is 2.42. The molecule has 1 atom stereocenters. The Bertz CT molecular complexity index is 410. The van der Waals surface area contributed by atoms with E-state index in [2.05, 4.69) is 17.6 Å². The molecule has 0 aliphatic heterocycles. The first-order valence-electron chi connectivity index (χ1n) is 6.01. The van der Waals surface area contributed by atoms with Crippen molar-refractivity contribution >= 4 is 34.8 Å². The molecule has 0 spiro atoms. The van der Waals surface area contributed by atoms with Crippen LogP contribution in [0.3, 0.4) is 0 Å². The molecule has 0 saturated carbocycles. The second kappa shape index (κ2) is 7.49. The maximum absolute atomic E-state index is 11.6. The molecule has 0 aliphatic carbocycles. The molecule has 1 rings (SSSR count). The largest absolute Gasteiger partial charge is 0.375 e. The molecule has 0 heterocycles. The van der Waals surface area contributed by atoms with Gasteiger partial charge in [-0.05, 0) is 31.5 Å².